The molecule has 5 heteroatoms. The molecule has 0 amide bonds. The van der Waals surface area contributed by atoms with Crippen LogP contribution in [0.25, 0.3) is 11.1 Å². The SMILES string of the molecule is CCCCCCCOc1ccc(-c2ccc(C(=O)Oc3ccc(C#N)cc3)cc2)cc1Br. The minimum absolute atomic E-state index is 0.406. The molecule has 32 heavy (non-hydrogen) atoms. The Balaban J connectivity index is 1.58. The van der Waals surface area contributed by atoms with Gasteiger partial charge in [0, 0.05) is 0 Å². The first-order valence-corrected chi connectivity index (χ1v) is 11.6. The summed E-state index contributed by atoms with van der Waals surface area (Å²) in [6.45, 7) is 2.93. The standard InChI is InChI=1S/C27H26BrNO3/c1-2-3-4-5-6-17-31-26-16-13-23(18-25(26)28)21-9-11-22(12-10-21)27(30)32-24-14-7-20(19-29)8-15-24/h7-16,18H,2-6,17H2,1H3. The monoisotopic (exact) mass is 491 g/mol. The van der Waals surface area contributed by atoms with Crippen LogP contribution in [-0.4, -0.2) is 12.6 Å². The van der Waals surface area contributed by atoms with E-state index in [1.54, 1.807) is 36.4 Å². The molecule has 0 aliphatic carbocycles. The second kappa shape index (κ2) is 12.1. The van der Waals surface area contributed by atoms with E-state index < -0.39 is 5.97 Å². The third-order valence-electron chi connectivity index (χ3n) is 5.09. The predicted molar refractivity (Wildman–Crippen MR) is 130 cm³/mol. The van der Waals surface area contributed by atoms with Crippen LogP contribution in [0.5, 0.6) is 11.5 Å². The molecule has 4 nitrogen and oxygen atoms in total. The van der Waals surface area contributed by atoms with Crippen LogP contribution in [0.3, 0.4) is 0 Å². The third kappa shape index (κ3) is 6.70. The van der Waals surface area contributed by atoms with Crippen LogP contribution in [0, 0.1) is 11.3 Å². The number of unbranched alkanes of at least 4 members (excludes halogenated alkanes) is 4. The highest BCUT2D eigenvalue weighted by atomic mass is 79.9. The Morgan fingerprint density at radius 2 is 1.59 bits per heavy atom. The summed E-state index contributed by atoms with van der Waals surface area (Å²) in [5.74, 6) is 0.805. The Hall–Kier alpha value is -3.10. The number of esters is 1. The molecule has 0 atom stereocenters. The van der Waals surface area contributed by atoms with Gasteiger partial charge in [0.1, 0.15) is 11.5 Å². The average molecular weight is 492 g/mol. The first-order chi connectivity index (χ1) is 15.6. The Morgan fingerprint density at radius 1 is 0.906 bits per heavy atom. The Kier molecular flexibility index (Phi) is 8.89. The van der Waals surface area contributed by atoms with Crippen molar-refractivity contribution < 1.29 is 14.3 Å². The number of ether oxygens (including phenoxy) is 2. The molecule has 0 saturated carbocycles. The molecule has 0 bridgehead atoms. The highest BCUT2D eigenvalue weighted by Gasteiger charge is 2.10. The van der Waals surface area contributed by atoms with Crippen molar-refractivity contribution in [3.63, 3.8) is 0 Å². The lowest BCUT2D eigenvalue weighted by Crippen LogP contribution is -2.08. The lowest BCUT2D eigenvalue weighted by molar-refractivity contribution is 0.0735. The second-order valence-electron chi connectivity index (χ2n) is 7.51. The zero-order valence-electron chi connectivity index (χ0n) is 18.1. The molecule has 0 aliphatic heterocycles. The van der Waals surface area contributed by atoms with E-state index in [0.29, 0.717) is 16.9 Å². The number of carbonyl (C=O) groups is 1. The van der Waals surface area contributed by atoms with E-state index in [1.165, 1.54) is 25.7 Å². The van der Waals surface area contributed by atoms with Crippen molar-refractivity contribution in [2.24, 2.45) is 0 Å². The molecule has 0 N–H and O–H groups in total. The van der Waals surface area contributed by atoms with Crippen molar-refractivity contribution in [1.82, 2.24) is 0 Å². The molecule has 0 unspecified atom stereocenters. The van der Waals surface area contributed by atoms with E-state index >= 15 is 0 Å². The zero-order valence-corrected chi connectivity index (χ0v) is 19.7. The van der Waals surface area contributed by atoms with Crippen molar-refractivity contribution >= 4 is 21.9 Å². The van der Waals surface area contributed by atoms with Crippen molar-refractivity contribution in [3.05, 3.63) is 82.3 Å². The van der Waals surface area contributed by atoms with E-state index in [1.807, 2.05) is 36.4 Å². The van der Waals surface area contributed by atoms with Crippen LogP contribution in [0.2, 0.25) is 0 Å². The quantitative estimate of drug-likeness (QED) is 0.167. The molecule has 3 aromatic rings. The fraction of sp³-hybridized carbons (Fsp3) is 0.259. The van der Waals surface area contributed by atoms with Gasteiger partial charge in [0.25, 0.3) is 0 Å². The Bertz CT molecular complexity index is 1070. The molecule has 0 saturated heterocycles. The van der Waals surface area contributed by atoms with Gasteiger partial charge in [-0.05, 0) is 82.0 Å². The summed E-state index contributed by atoms with van der Waals surface area (Å²) in [6.07, 6.45) is 6.05. The van der Waals surface area contributed by atoms with Crippen LogP contribution < -0.4 is 9.47 Å². The van der Waals surface area contributed by atoms with E-state index in [-0.39, 0.29) is 0 Å². The number of nitriles is 1. The molecule has 0 spiro atoms. The van der Waals surface area contributed by atoms with Gasteiger partial charge in [0.05, 0.1) is 28.3 Å². The van der Waals surface area contributed by atoms with Gasteiger partial charge in [-0.2, -0.15) is 5.26 Å². The summed E-state index contributed by atoms with van der Waals surface area (Å²) < 4.78 is 12.2. The Labute approximate surface area is 197 Å². The normalized spacial score (nSPS) is 10.4. The molecule has 0 fully saturated rings. The number of halogens is 1. The minimum atomic E-state index is -0.440. The van der Waals surface area contributed by atoms with Crippen LogP contribution >= 0.6 is 15.9 Å². The van der Waals surface area contributed by atoms with Gasteiger partial charge in [-0.3, -0.25) is 0 Å². The van der Waals surface area contributed by atoms with Crippen LogP contribution in [-0.2, 0) is 0 Å². The zero-order chi connectivity index (χ0) is 22.8. The number of carbonyl (C=O) groups excluding carboxylic acids is 1. The molecule has 0 aromatic heterocycles. The maximum atomic E-state index is 12.4. The lowest BCUT2D eigenvalue weighted by Gasteiger charge is -2.10. The third-order valence-corrected chi connectivity index (χ3v) is 5.70. The second-order valence-corrected chi connectivity index (χ2v) is 8.37. The molecule has 0 aliphatic rings. The lowest BCUT2D eigenvalue weighted by atomic mass is 10.0. The number of rotatable bonds is 10. The summed E-state index contributed by atoms with van der Waals surface area (Å²) in [6, 6.07) is 21.8. The van der Waals surface area contributed by atoms with Crippen molar-refractivity contribution in [1.29, 1.82) is 5.26 Å². The number of benzene rings is 3. The number of hydrogen-bond donors (Lipinski definition) is 0. The minimum Gasteiger partial charge on any atom is -0.492 e. The van der Waals surface area contributed by atoms with E-state index in [4.69, 9.17) is 14.7 Å². The van der Waals surface area contributed by atoms with Crippen LogP contribution in [0.1, 0.15) is 54.9 Å². The maximum absolute atomic E-state index is 12.4. The highest BCUT2D eigenvalue weighted by Crippen LogP contribution is 2.31. The summed E-state index contributed by atoms with van der Waals surface area (Å²) in [4.78, 5) is 12.4. The number of hydrogen-bond acceptors (Lipinski definition) is 4. The fourth-order valence-electron chi connectivity index (χ4n) is 3.25. The summed E-state index contributed by atoms with van der Waals surface area (Å²) in [5, 5.41) is 8.85. The smallest absolute Gasteiger partial charge is 0.343 e. The molecule has 3 aromatic carbocycles. The van der Waals surface area contributed by atoms with E-state index in [2.05, 4.69) is 22.9 Å². The predicted octanol–water partition coefficient (Wildman–Crippen LogP) is 7.56. The molecule has 0 radical (unpaired) electrons. The molecule has 164 valence electrons. The first kappa shape index (κ1) is 23.6. The van der Waals surface area contributed by atoms with E-state index in [9.17, 15) is 4.79 Å². The summed E-state index contributed by atoms with van der Waals surface area (Å²) >= 11 is 3.60. The van der Waals surface area contributed by atoms with E-state index in [0.717, 1.165) is 34.4 Å². The van der Waals surface area contributed by atoms with Gasteiger partial charge in [-0.25, -0.2) is 4.79 Å². The van der Waals surface area contributed by atoms with Gasteiger partial charge in [-0.15, -0.1) is 0 Å². The largest absolute Gasteiger partial charge is 0.492 e. The molecular weight excluding hydrogens is 466 g/mol. The molecule has 3 rings (SSSR count). The summed E-state index contributed by atoms with van der Waals surface area (Å²) in [7, 11) is 0. The molecular formula is C27H26BrNO3. The Morgan fingerprint density at radius 3 is 2.25 bits per heavy atom. The van der Waals surface area contributed by atoms with Crippen LogP contribution in [0.15, 0.2) is 71.2 Å². The van der Waals surface area contributed by atoms with Crippen LogP contribution in [0.4, 0.5) is 0 Å². The maximum Gasteiger partial charge on any atom is 0.343 e. The summed E-state index contributed by atoms with van der Waals surface area (Å²) in [5.41, 5.74) is 3.00. The topological polar surface area (TPSA) is 59.3 Å². The van der Waals surface area contributed by atoms with Gasteiger partial charge in [0.15, 0.2) is 0 Å². The van der Waals surface area contributed by atoms with Gasteiger partial charge in [0.2, 0.25) is 0 Å². The van der Waals surface area contributed by atoms with Gasteiger partial charge < -0.3 is 9.47 Å². The van der Waals surface area contributed by atoms with Crippen molar-refractivity contribution in [2.75, 3.05) is 6.61 Å². The first-order valence-electron chi connectivity index (χ1n) is 10.9. The van der Waals surface area contributed by atoms with Gasteiger partial charge in [-0.1, -0.05) is 50.8 Å². The van der Waals surface area contributed by atoms with Gasteiger partial charge >= 0.3 is 5.97 Å². The number of nitrogens with zero attached hydrogens (tertiary/aromatic N) is 1. The average Bonchev–Trinajstić information content (AvgIpc) is 2.82. The highest BCUT2D eigenvalue weighted by molar-refractivity contribution is 9.10. The molecule has 0 heterocycles. The van der Waals surface area contributed by atoms with Crippen molar-refractivity contribution in [2.45, 2.75) is 39.0 Å². The van der Waals surface area contributed by atoms with Crippen molar-refractivity contribution in [3.8, 4) is 28.7 Å². The fourth-order valence-corrected chi connectivity index (χ4v) is 3.74.